The third kappa shape index (κ3) is 4.30. The van der Waals surface area contributed by atoms with Gasteiger partial charge in [-0.1, -0.05) is 50.3 Å². The summed E-state index contributed by atoms with van der Waals surface area (Å²) in [7, 11) is 0. The summed E-state index contributed by atoms with van der Waals surface area (Å²) in [6.45, 7) is 5.40. The van der Waals surface area contributed by atoms with Crippen molar-refractivity contribution in [3.63, 3.8) is 0 Å². The van der Waals surface area contributed by atoms with Gasteiger partial charge in [0.15, 0.2) is 0 Å². The highest BCUT2D eigenvalue weighted by Crippen LogP contribution is 2.28. The maximum Gasteiger partial charge on any atom is 0.303 e. The molecule has 0 aromatic heterocycles. The first-order valence-corrected chi connectivity index (χ1v) is 6.37. The van der Waals surface area contributed by atoms with Gasteiger partial charge in [0.1, 0.15) is 5.60 Å². The summed E-state index contributed by atoms with van der Waals surface area (Å²) in [5.41, 5.74) is 0.313. The first kappa shape index (κ1) is 15.0. The number of rotatable bonds is 5. The van der Waals surface area contributed by atoms with Crippen molar-refractivity contribution < 1.29 is 9.53 Å². The molecule has 0 fully saturated rings. The highest BCUT2D eigenvalue weighted by atomic mass is 16.6. The van der Waals surface area contributed by atoms with Crippen LogP contribution in [0.1, 0.15) is 32.8 Å². The minimum Gasteiger partial charge on any atom is -0.454 e. The Hall–Kier alpha value is -2.01. The number of terminal acetylenes is 1. The average molecular weight is 256 g/mol. The molecule has 0 bridgehead atoms. The lowest BCUT2D eigenvalue weighted by atomic mass is 9.86. The Morgan fingerprint density at radius 3 is 2.53 bits per heavy atom. The molecule has 1 rings (SSSR count). The molecule has 1 atom stereocenters. The van der Waals surface area contributed by atoms with E-state index in [2.05, 4.69) is 5.92 Å². The van der Waals surface area contributed by atoms with E-state index in [4.69, 9.17) is 11.2 Å². The normalized spacial score (nSPS) is 14.1. The standard InChI is InChI=1S/C17H20O2/c1-5-12-17(14(2)3,19-15(4)18)13-11-16-9-7-6-8-10-16/h1,6-11,13-14H,12H2,2-4H3/b13-11+. The topological polar surface area (TPSA) is 26.3 Å². The largest absolute Gasteiger partial charge is 0.454 e. The van der Waals surface area contributed by atoms with Crippen LogP contribution in [0.3, 0.4) is 0 Å². The van der Waals surface area contributed by atoms with Crippen LogP contribution in [0.25, 0.3) is 6.08 Å². The van der Waals surface area contributed by atoms with Gasteiger partial charge in [-0.05, 0) is 17.6 Å². The summed E-state index contributed by atoms with van der Waals surface area (Å²) in [6.07, 6.45) is 9.63. The maximum absolute atomic E-state index is 11.3. The first-order valence-electron chi connectivity index (χ1n) is 6.37. The van der Waals surface area contributed by atoms with Crippen LogP contribution in [0.15, 0.2) is 36.4 Å². The van der Waals surface area contributed by atoms with Crippen LogP contribution < -0.4 is 0 Å². The van der Waals surface area contributed by atoms with Crippen LogP contribution in [0.2, 0.25) is 0 Å². The maximum atomic E-state index is 11.3. The van der Waals surface area contributed by atoms with Crippen LogP contribution >= 0.6 is 0 Å². The molecule has 0 aliphatic carbocycles. The molecule has 1 aromatic rings. The van der Waals surface area contributed by atoms with E-state index in [-0.39, 0.29) is 11.9 Å². The molecule has 2 nitrogen and oxygen atoms in total. The summed E-state index contributed by atoms with van der Waals surface area (Å²) >= 11 is 0. The van der Waals surface area contributed by atoms with Crippen molar-refractivity contribution in [3.05, 3.63) is 42.0 Å². The number of esters is 1. The summed E-state index contributed by atoms with van der Waals surface area (Å²) in [5.74, 6) is 2.39. The van der Waals surface area contributed by atoms with Gasteiger partial charge >= 0.3 is 5.97 Å². The van der Waals surface area contributed by atoms with Gasteiger partial charge in [0.05, 0.1) is 6.42 Å². The SMILES string of the molecule is C#CCC(/C=C/c1ccccc1)(OC(C)=O)C(C)C. The van der Waals surface area contributed by atoms with Crippen LogP contribution in [-0.4, -0.2) is 11.6 Å². The highest BCUT2D eigenvalue weighted by Gasteiger charge is 2.33. The zero-order valence-electron chi connectivity index (χ0n) is 11.7. The van der Waals surface area contributed by atoms with E-state index in [1.165, 1.54) is 6.92 Å². The minimum atomic E-state index is -0.740. The van der Waals surface area contributed by atoms with Crippen molar-refractivity contribution in [1.82, 2.24) is 0 Å². The van der Waals surface area contributed by atoms with Gasteiger partial charge in [-0.25, -0.2) is 0 Å². The smallest absolute Gasteiger partial charge is 0.303 e. The van der Waals surface area contributed by atoms with Gasteiger partial charge in [0.2, 0.25) is 0 Å². The van der Waals surface area contributed by atoms with Gasteiger partial charge in [-0.15, -0.1) is 12.3 Å². The fourth-order valence-electron chi connectivity index (χ4n) is 1.87. The van der Waals surface area contributed by atoms with E-state index >= 15 is 0 Å². The molecule has 0 heterocycles. The summed E-state index contributed by atoms with van der Waals surface area (Å²) < 4.78 is 5.49. The van der Waals surface area contributed by atoms with E-state index in [1.54, 1.807) is 0 Å². The Labute approximate surface area is 115 Å². The molecule has 1 unspecified atom stereocenters. The lowest BCUT2D eigenvalue weighted by molar-refractivity contribution is -0.155. The third-order valence-electron chi connectivity index (χ3n) is 3.05. The zero-order valence-corrected chi connectivity index (χ0v) is 11.7. The minimum absolute atomic E-state index is 0.104. The second-order valence-electron chi connectivity index (χ2n) is 4.83. The number of carbonyl (C=O) groups is 1. The summed E-state index contributed by atoms with van der Waals surface area (Å²) in [4.78, 5) is 11.3. The molecule has 0 aliphatic rings. The molecule has 19 heavy (non-hydrogen) atoms. The van der Waals surface area contributed by atoms with Gasteiger partial charge in [-0.2, -0.15) is 0 Å². The van der Waals surface area contributed by atoms with Crippen molar-refractivity contribution in [2.24, 2.45) is 5.92 Å². The summed E-state index contributed by atoms with van der Waals surface area (Å²) in [6, 6.07) is 9.87. The zero-order chi connectivity index (χ0) is 14.3. The lowest BCUT2D eigenvalue weighted by Gasteiger charge is -2.32. The van der Waals surface area contributed by atoms with Gasteiger partial charge in [0.25, 0.3) is 0 Å². The predicted molar refractivity (Wildman–Crippen MR) is 78.3 cm³/mol. The fraction of sp³-hybridized carbons (Fsp3) is 0.353. The second kappa shape index (κ2) is 6.80. The molecule has 0 saturated carbocycles. The first-order chi connectivity index (χ1) is 9.00. The monoisotopic (exact) mass is 256 g/mol. The molecule has 1 aromatic carbocycles. The van der Waals surface area contributed by atoms with Crippen molar-refractivity contribution in [2.75, 3.05) is 0 Å². The van der Waals surface area contributed by atoms with E-state index in [0.717, 1.165) is 5.56 Å². The van der Waals surface area contributed by atoms with E-state index < -0.39 is 5.60 Å². The van der Waals surface area contributed by atoms with Crippen LogP contribution in [0, 0.1) is 18.3 Å². The van der Waals surface area contributed by atoms with Gasteiger partial charge in [-0.3, -0.25) is 4.79 Å². The van der Waals surface area contributed by atoms with Crippen molar-refractivity contribution >= 4 is 12.0 Å². The Bertz CT molecular complexity index is 480. The molecule has 0 N–H and O–H groups in total. The molecular formula is C17H20O2. The second-order valence-corrected chi connectivity index (χ2v) is 4.83. The number of hydrogen-bond acceptors (Lipinski definition) is 2. The highest BCUT2D eigenvalue weighted by molar-refractivity contribution is 5.67. The van der Waals surface area contributed by atoms with Crippen molar-refractivity contribution in [2.45, 2.75) is 32.8 Å². The quantitative estimate of drug-likeness (QED) is 0.593. The molecular weight excluding hydrogens is 236 g/mol. The Morgan fingerprint density at radius 2 is 2.05 bits per heavy atom. The molecule has 0 saturated heterocycles. The van der Waals surface area contributed by atoms with Crippen LogP contribution in [0.4, 0.5) is 0 Å². The van der Waals surface area contributed by atoms with Gasteiger partial charge < -0.3 is 4.74 Å². The molecule has 0 radical (unpaired) electrons. The Kier molecular flexibility index (Phi) is 5.38. The Balaban J connectivity index is 3.06. The predicted octanol–water partition coefficient (Wildman–Crippen LogP) is 3.68. The van der Waals surface area contributed by atoms with Crippen molar-refractivity contribution in [1.29, 1.82) is 0 Å². The fourth-order valence-corrected chi connectivity index (χ4v) is 1.87. The van der Waals surface area contributed by atoms with Crippen LogP contribution in [-0.2, 0) is 9.53 Å². The number of carbonyl (C=O) groups excluding carboxylic acids is 1. The van der Waals surface area contributed by atoms with E-state index in [1.807, 2.05) is 56.3 Å². The average Bonchev–Trinajstić information content (AvgIpc) is 2.36. The summed E-state index contributed by atoms with van der Waals surface area (Å²) in [5, 5.41) is 0. The number of hydrogen-bond donors (Lipinski definition) is 0. The molecule has 0 spiro atoms. The Morgan fingerprint density at radius 1 is 1.42 bits per heavy atom. The molecule has 100 valence electrons. The molecule has 2 heteroatoms. The van der Waals surface area contributed by atoms with Crippen molar-refractivity contribution in [3.8, 4) is 12.3 Å². The van der Waals surface area contributed by atoms with E-state index in [0.29, 0.717) is 6.42 Å². The van der Waals surface area contributed by atoms with Crippen LogP contribution in [0.5, 0.6) is 0 Å². The van der Waals surface area contributed by atoms with E-state index in [9.17, 15) is 4.79 Å². The molecule has 0 amide bonds. The molecule has 0 aliphatic heterocycles. The third-order valence-corrected chi connectivity index (χ3v) is 3.05. The number of ether oxygens (including phenoxy) is 1. The lowest BCUT2D eigenvalue weighted by Crippen LogP contribution is -2.37. The number of benzene rings is 1. The van der Waals surface area contributed by atoms with Gasteiger partial charge in [0, 0.05) is 6.92 Å².